The Hall–Kier alpha value is -1.30. The molecule has 2 aromatic rings. The van der Waals surface area contributed by atoms with Crippen molar-refractivity contribution >= 4 is 11.3 Å². The number of hydrogen-bond donors (Lipinski definition) is 1. The van der Waals surface area contributed by atoms with E-state index in [9.17, 15) is 0 Å². The highest BCUT2D eigenvalue weighted by Crippen LogP contribution is 2.33. The van der Waals surface area contributed by atoms with Gasteiger partial charge < -0.3 is 10.1 Å². The molecule has 4 nitrogen and oxygen atoms in total. The van der Waals surface area contributed by atoms with Gasteiger partial charge in [0.25, 0.3) is 0 Å². The van der Waals surface area contributed by atoms with Crippen LogP contribution in [0.4, 0.5) is 0 Å². The lowest BCUT2D eigenvalue weighted by atomic mass is 10.1. The van der Waals surface area contributed by atoms with Crippen molar-refractivity contribution in [2.24, 2.45) is 0 Å². The van der Waals surface area contributed by atoms with Crippen molar-refractivity contribution in [2.75, 3.05) is 14.2 Å². The SMILES string of the molecule is CCC(C)(OC)c1nnc(C(NC)c2ccccc2)s1. The number of ether oxygens (including phenoxy) is 1. The van der Waals surface area contributed by atoms with Gasteiger partial charge in [-0.2, -0.15) is 0 Å². The molecule has 2 unspecified atom stereocenters. The van der Waals surface area contributed by atoms with E-state index in [0.717, 1.165) is 16.4 Å². The van der Waals surface area contributed by atoms with Gasteiger partial charge in [0, 0.05) is 7.11 Å². The Balaban J connectivity index is 2.32. The minimum absolute atomic E-state index is 0.0698. The zero-order valence-corrected chi connectivity index (χ0v) is 13.2. The first-order chi connectivity index (χ1) is 9.64. The third kappa shape index (κ3) is 2.90. The number of aromatic nitrogens is 2. The van der Waals surface area contributed by atoms with Gasteiger partial charge in [-0.25, -0.2) is 0 Å². The number of benzene rings is 1. The molecule has 1 heterocycles. The fraction of sp³-hybridized carbons (Fsp3) is 0.467. The molecule has 0 aliphatic rings. The van der Waals surface area contributed by atoms with Crippen molar-refractivity contribution in [3.8, 4) is 0 Å². The number of methoxy groups -OCH3 is 1. The van der Waals surface area contributed by atoms with Crippen LogP contribution in [0.3, 0.4) is 0 Å². The predicted octanol–water partition coefficient (Wildman–Crippen LogP) is 3.12. The maximum absolute atomic E-state index is 5.59. The average Bonchev–Trinajstić information content (AvgIpc) is 2.98. The lowest BCUT2D eigenvalue weighted by Gasteiger charge is -2.23. The van der Waals surface area contributed by atoms with Crippen molar-refractivity contribution in [1.29, 1.82) is 0 Å². The summed E-state index contributed by atoms with van der Waals surface area (Å²) in [6, 6.07) is 10.3. The van der Waals surface area contributed by atoms with E-state index in [4.69, 9.17) is 4.74 Å². The first-order valence-electron chi connectivity index (χ1n) is 6.76. The van der Waals surface area contributed by atoms with E-state index in [-0.39, 0.29) is 11.6 Å². The molecule has 0 aliphatic carbocycles. The first kappa shape index (κ1) is 15.1. The zero-order valence-electron chi connectivity index (χ0n) is 12.4. The van der Waals surface area contributed by atoms with Crippen LogP contribution in [-0.2, 0) is 10.3 Å². The summed E-state index contributed by atoms with van der Waals surface area (Å²) < 4.78 is 5.59. The molecule has 0 fully saturated rings. The van der Waals surface area contributed by atoms with Gasteiger partial charge in [-0.05, 0) is 26.0 Å². The maximum atomic E-state index is 5.59. The van der Waals surface area contributed by atoms with Crippen molar-refractivity contribution in [2.45, 2.75) is 31.9 Å². The minimum Gasteiger partial charge on any atom is -0.371 e. The van der Waals surface area contributed by atoms with E-state index in [0.29, 0.717) is 0 Å². The number of hydrogen-bond acceptors (Lipinski definition) is 5. The van der Waals surface area contributed by atoms with Crippen LogP contribution in [-0.4, -0.2) is 24.4 Å². The number of nitrogens with zero attached hydrogens (tertiary/aromatic N) is 2. The van der Waals surface area contributed by atoms with E-state index in [2.05, 4.69) is 34.6 Å². The Morgan fingerprint density at radius 1 is 1.30 bits per heavy atom. The predicted molar refractivity (Wildman–Crippen MR) is 81.9 cm³/mol. The highest BCUT2D eigenvalue weighted by atomic mass is 32.1. The maximum Gasteiger partial charge on any atom is 0.149 e. The van der Waals surface area contributed by atoms with Gasteiger partial charge in [-0.3, -0.25) is 0 Å². The van der Waals surface area contributed by atoms with Gasteiger partial charge in [0.1, 0.15) is 15.6 Å². The van der Waals surface area contributed by atoms with E-state index >= 15 is 0 Å². The fourth-order valence-electron chi connectivity index (χ4n) is 2.03. The molecule has 1 aromatic carbocycles. The Morgan fingerprint density at radius 3 is 2.55 bits per heavy atom. The van der Waals surface area contributed by atoms with E-state index in [1.807, 2.05) is 32.2 Å². The van der Waals surface area contributed by atoms with Crippen LogP contribution < -0.4 is 5.32 Å². The van der Waals surface area contributed by atoms with Crippen LogP contribution in [0.5, 0.6) is 0 Å². The van der Waals surface area contributed by atoms with E-state index in [1.54, 1.807) is 18.4 Å². The molecule has 0 aliphatic heterocycles. The molecule has 0 bridgehead atoms. The minimum atomic E-state index is -0.356. The standard InChI is InChI=1S/C15H21N3OS/c1-5-15(2,19-4)14-18-17-13(20-14)12(16-3)11-9-7-6-8-10-11/h6-10,12,16H,5H2,1-4H3. The average molecular weight is 291 g/mol. The molecule has 2 atom stereocenters. The summed E-state index contributed by atoms with van der Waals surface area (Å²) in [5.41, 5.74) is 0.832. The molecule has 0 spiro atoms. The van der Waals surface area contributed by atoms with Crippen LogP contribution in [0.15, 0.2) is 30.3 Å². The van der Waals surface area contributed by atoms with Gasteiger partial charge in [-0.1, -0.05) is 48.6 Å². The lowest BCUT2D eigenvalue weighted by molar-refractivity contribution is -0.00207. The molecular formula is C15H21N3OS. The summed E-state index contributed by atoms with van der Waals surface area (Å²) in [5, 5.41) is 13.9. The second-order valence-corrected chi connectivity index (χ2v) is 5.88. The first-order valence-corrected chi connectivity index (χ1v) is 7.57. The van der Waals surface area contributed by atoms with Crippen LogP contribution in [0, 0.1) is 0 Å². The zero-order chi connectivity index (χ0) is 14.6. The normalized spacial score (nSPS) is 15.8. The van der Waals surface area contributed by atoms with E-state index in [1.165, 1.54) is 5.56 Å². The molecule has 2 rings (SSSR count). The molecule has 1 N–H and O–H groups in total. The van der Waals surface area contributed by atoms with Crippen molar-refractivity contribution in [3.63, 3.8) is 0 Å². The van der Waals surface area contributed by atoms with Crippen LogP contribution >= 0.6 is 11.3 Å². The molecule has 1 aromatic heterocycles. The van der Waals surface area contributed by atoms with Gasteiger partial charge in [0.05, 0.1) is 6.04 Å². The molecule has 0 saturated carbocycles. The highest BCUT2D eigenvalue weighted by molar-refractivity contribution is 7.11. The van der Waals surface area contributed by atoms with Crippen LogP contribution in [0.25, 0.3) is 0 Å². The Bertz CT molecular complexity index is 537. The third-order valence-corrected chi connectivity index (χ3v) is 4.92. The smallest absolute Gasteiger partial charge is 0.149 e. The van der Waals surface area contributed by atoms with Crippen molar-refractivity contribution < 1.29 is 4.74 Å². The van der Waals surface area contributed by atoms with Gasteiger partial charge in [0.15, 0.2) is 0 Å². The second-order valence-electron chi connectivity index (χ2n) is 4.87. The molecule has 108 valence electrons. The Labute approximate surface area is 124 Å². The Morgan fingerprint density at radius 2 is 2.00 bits per heavy atom. The highest BCUT2D eigenvalue weighted by Gasteiger charge is 2.30. The summed E-state index contributed by atoms with van der Waals surface area (Å²) in [6.07, 6.45) is 0.869. The number of nitrogens with one attached hydrogen (secondary N) is 1. The van der Waals surface area contributed by atoms with Crippen LogP contribution in [0.2, 0.25) is 0 Å². The molecule has 5 heteroatoms. The molecule has 0 radical (unpaired) electrons. The molecule has 0 amide bonds. The summed E-state index contributed by atoms with van der Waals surface area (Å²) in [5.74, 6) is 0. The fourth-order valence-corrected chi connectivity index (χ4v) is 3.20. The Kier molecular flexibility index (Phi) is 4.86. The topological polar surface area (TPSA) is 47.0 Å². The van der Waals surface area contributed by atoms with Crippen molar-refractivity contribution in [3.05, 3.63) is 45.9 Å². The van der Waals surface area contributed by atoms with Crippen LogP contribution in [0.1, 0.15) is 41.9 Å². The molecule has 20 heavy (non-hydrogen) atoms. The third-order valence-electron chi connectivity index (χ3n) is 3.69. The van der Waals surface area contributed by atoms with Gasteiger partial charge in [-0.15, -0.1) is 10.2 Å². The van der Waals surface area contributed by atoms with Gasteiger partial charge >= 0.3 is 0 Å². The quantitative estimate of drug-likeness (QED) is 0.888. The molecular weight excluding hydrogens is 270 g/mol. The number of rotatable bonds is 6. The summed E-state index contributed by atoms with van der Waals surface area (Å²) in [4.78, 5) is 0. The van der Waals surface area contributed by atoms with E-state index < -0.39 is 0 Å². The largest absolute Gasteiger partial charge is 0.371 e. The van der Waals surface area contributed by atoms with Crippen molar-refractivity contribution in [1.82, 2.24) is 15.5 Å². The van der Waals surface area contributed by atoms with Gasteiger partial charge in [0.2, 0.25) is 0 Å². The molecule has 0 saturated heterocycles. The summed E-state index contributed by atoms with van der Waals surface area (Å²) >= 11 is 1.61. The lowest BCUT2D eigenvalue weighted by Crippen LogP contribution is -2.22. The summed E-state index contributed by atoms with van der Waals surface area (Å²) in [6.45, 7) is 4.14. The summed E-state index contributed by atoms with van der Waals surface area (Å²) in [7, 11) is 3.66. The second kappa shape index (κ2) is 6.43. The monoisotopic (exact) mass is 291 g/mol.